The molecule has 0 fully saturated rings. The Hall–Kier alpha value is -4.62. The third-order valence-corrected chi connectivity index (χ3v) is 4.45. The number of pyridine rings is 1. The van der Waals surface area contributed by atoms with Crippen LogP contribution >= 0.6 is 0 Å². The molecule has 0 saturated heterocycles. The van der Waals surface area contributed by atoms with Crippen molar-refractivity contribution in [1.82, 2.24) is 20.3 Å². The molecule has 0 bridgehead atoms. The second kappa shape index (κ2) is 7.26. The first-order valence-corrected chi connectivity index (χ1v) is 8.63. The van der Waals surface area contributed by atoms with Gasteiger partial charge < -0.3 is 26.5 Å². The molecule has 7 N–H and O–H groups in total. The number of fused-ring (bicyclic) bond motifs is 1. The zero-order valence-corrected chi connectivity index (χ0v) is 15.7. The molecule has 0 aliphatic carbocycles. The fourth-order valence-corrected chi connectivity index (χ4v) is 3.00. The summed E-state index contributed by atoms with van der Waals surface area (Å²) in [4.78, 5) is 27.4. The summed E-state index contributed by atoms with van der Waals surface area (Å²) in [6, 6.07) is 2.17. The number of nitrogens with zero attached hydrogens (tertiary/aromatic N) is 3. The Balaban J connectivity index is 1.94. The molecule has 14 heteroatoms. The number of nitrogens with two attached hydrogens (primary N) is 3. The number of alkyl halides is 3. The number of carbonyl (C=O) groups is 2. The van der Waals surface area contributed by atoms with Gasteiger partial charge in [0.05, 0.1) is 28.5 Å². The number of primary amides is 1. The number of hydrogen-bond acceptors (Lipinski definition) is 9. The van der Waals surface area contributed by atoms with Gasteiger partial charge in [-0.15, -0.1) is 0 Å². The lowest BCUT2D eigenvalue weighted by Crippen LogP contribution is -2.28. The van der Waals surface area contributed by atoms with E-state index in [1.165, 1.54) is 18.5 Å². The molecule has 0 radical (unpaired) electrons. The van der Waals surface area contributed by atoms with Gasteiger partial charge in [0.2, 0.25) is 0 Å². The largest absolute Gasteiger partial charge is 0.491 e. The predicted octanol–water partition coefficient (Wildman–Crippen LogP) is 2.01. The zero-order chi connectivity index (χ0) is 23.2. The van der Waals surface area contributed by atoms with Crippen LogP contribution in [0.3, 0.4) is 0 Å². The van der Waals surface area contributed by atoms with E-state index in [1.54, 1.807) is 6.20 Å². The minimum absolute atomic E-state index is 0.0246. The number of amides is 1. The fourth-order valence-electron chi connectivity index (χ4n) is 3.00. The number of nitrogens with one attached hydrogen (secondary N) is 1. The van der Waals surface area contributed by atoms with Crippen molar-refractivity contribution in [2.75, 3.05) is 11.5 Å². The van der Waals surface area contributed by atoms with Gasteiger partial charge in [-0.2, -0.15) is 18.3 Å². The van der Waals surface area contributed by atoms with Gasteiger partial charge in [-0.25, -0.2) is 4.79 Å². The molecule has 4 rings (SSSR count). The van der Waals surface area contributed by atoms with Crippen molar-refractivity contribution in [3.63, 3.8) is 0 Å². The number of ether oxygens (including phenoxy) is 1. The molecule has 32 heavy (non-hydrogen) atoms. The Kier molecular flexibility index (Phi) is 4.68. The molecule has 0 spiro atoms. The highest BCUT2D eigenvalue weighted by Crippen LogP contribution is 2.40. The molecule has 0 aliphatic heterocycles. The summed E-state index contributed by atoms with van der Waals surface area (Å²) in [6.07, 6.45) is -0.850. The highest BCUT2D eigenvalue weighted by Gasteiger charge is 2.42. The monoisotopic (exact) mass is 447 g/mol. The van der Waals surface area contributed by atoms with Gasteiger partial charge in [-0.05, 0) is 12.1 Å². The zero-order valence-electron chi connectivity index (χ0n) is 15.7. The average molecular weight is 447 g/mol. The maximum atomic E-state index is 12.7. The number of carbonyl (C=O) groups excluding carboxylic acids is 2. The summed E-state index contributed by atoms with van der Waals surface area (Å²) in [6.45, 7) is 0. The molecule has 3 heterocycles. The molecular weight excluding hydrogens is 435 g/mol. The van der Waals surface area contributed by atoms with Gasteiger partial charge in [-0.1, -0.05) is 5.16 Å². The van der Waals surface area contributed by atoms with E-state index in [0.29, 0.717) is 11.1 Å². The van der Waals surface area contributed by atoms with E-state index in [9.17, 15) is 22.8 Å². The number of esters is 1. The number of benzene rings is 1. The molecule has 1 amide bonds. The Labute approximate surface area is 175 Å². The molecule has 1 aromatic carbocycles. The predicted molar refractivity (Wildman–Crippen MR) is 104 cm³/mol. The van der Waals surface area contributed by atoms with E-state index in [4.69, 9.17) is 21.7 Å². The van der Waals surface area contributed by atoms with Gasteiger partial charge in [-0.3, -0.25) is 14.9 Å². The standard InChI is InChI=1S/C18H12F3N7O4/c19-18(20,21)17(30)31-10-2-6(1-8(12(10)22)16(24)29)13-11-14(32-28-15(11)23)9(5-25-13)7-3-26-27-4-7/h1-5H,22H2,(H2,23,28)(H2,24,29)(H,26,27). The highest BCUT2D eigenvalue weighted by molar-refractivity contribution is 6.07. The van der Waals surface area contributed by atoms with E-state index in [-0.39, 0.29) is 28.0 Å². The van der Waals surface area contributed by atoms with Gasteiger partial charge in [0.25, 0.3) is 5.91 Å². The Bertz CT molecular complexity index is 1360. The Morgan fingerprint density at radius 2 is 1.88 bits per heavy atom. The number of hydrogen-bond donors (Lipinski definition) is 4. The van der Waals surface area contributed by atoms with Crippen LogP contribution in [0.2, 0.25) is 0 Å². The lowest BCUT2D eigenvalue weighted by Gasteiger charge is -2.14. The maximum Gasteiger partial charge on any atom is 0.491 e. The first-order chi connectivity index (χ1) is 15.1. The second-order valence-corrected chi connectivity index (χ2v) is 6.47. The van der Waals surface area contributed by atoms with Gasteiger partial charge in [0, 0.05) is 29.1 Å². The van der Waals surface area contributed by atoms with Crippen LogP contribution in [0, 0.1) is 0 Å². The van der Waals surface area contributed by atoms with Crippen LogP contribution in [-0.2, 0) is 4.79 Å². The summed E-state index contributed by atoms with van der Waals surface area (Å²) in [5.41, 5.74) is 17.3. The topological polar surface area (TPSA) is 189 Å². The minimum atomic E-state index is -5.30. The van der Waals surface area contributed by atoms with Crippen molar-refractivity contribution < 1.29 is 32.0 Å². The lowest BCUT2D eigenvalue weighted by molar-refractivity contribution is -0.189. The molecule has 164 valence electrons. The number of halogens is 3. The molecule has 4 aromatic rings. The van der Waals surface area contributed by atoms with Crippen molar-refractivity contribution in [3.8, 4) is 28.1 Å². The first kappa shape index (κ1) is 20.6. The van der Waals surface area contributed by atoms with Crippen molar-refractivity contribution in [3.05, 3.63) is 36.3 Å². The van der Waals surface area contributed by atoms with Crippen LogP contribution in [0.1, 0.15) is 10.4 Å². The van der Waals surface area contributed by atoms with Crippen LogP contribution in [-0.4, -0.2) is 38.4 Å². The van der Waals surface area contributed by atoms with E-state index in [1.807, 2.05) is 0 Å². The first-order valence-electron chi connectivity index (χ1n) is 8.63. The van der Waals surface area contributed by atoms with Gasteiger partial charge in [0.1, 0.15) is 0 Å². The van der Waals surface area contributed by atoms with Crippen molar-refractivity contribution in [1.29, 1.82) is 0 Å². The quantitative estimate of drug-likeness (QED) is 0.206. The summed E-state index contributed by atoms with van der Waals surface area (Å²) < 4.78 is 47.7. The normalized spacial score (nSPS) is 11.6. The number of H-pyrrole nitrogens is 1. The summed E-state index contributed by atoms with van der Waals surface area (Å²) >= 11 is 0. The van der Waals surface area contributed by atoms with Crippen LogP contribution < -0.4 is 21.9 Å². The summed E-state index contributed by atoms with van der Waals surface area (Å²) in [5.74, 6) is -4.42. The maximum absolute atomic E-state index is 12.7. The number of nitrogen functional groups attached to an aromatic ring is 2. The SMILES string of the molecule is NC(=O)c1cc(-c2ncc(-c3cn[nH]c3)c3onc(N)c23)cc(OC(=O)C(F)(F)F)c1N. The van der Waals surface area contributed by atoms with E-state index in [2.05, 4.69) is 25.1 Å². The summed E-state index contributed by atoms with van der Waals surface area (Å²) in [7, 11) is 0. The van der Waals surface area contributed by atoms with Gasteiger partial charge >= 0.3 is 12.1 Å². The molecule has 11 nitrogen and oxygen atoms in total. The van der Waals surface area contributed by atoms with Crippen molar-refractivity contribution in [2.24, 2.45) is 5.73 Å². The average Bonchev–Trinajstić information content (AvgIpc) is 3.38. The van der Waals surface area contributed by atoms with Crippen molar-refractivity contribution in [2.45, 2.75) is 6.18 Å². The second-order valence-electron chi connectivity index (χ2n) is 6.47. The smallest absolute Gasteiger partial charge is 0.418 e. The van der Waals surface area contributed by atoms with E-state index >= 15 is 0 Å². The molecular formula is C18H12F3N7O4. The molecule has 0 atom stereocenters. The van der Waals surface area contributed by atoms with Crippen LogP contribution in [0.4, 0.5) is 24.7 Å². The number of aromatic nitrogens is 4. The van der Waals surface area contributed by atoms with Crippen molar-refractivity contribution >= 4 is 34.4 Å². The third-order valence-electron chi connectivity index (χ3n) is 4.45. The van der Waals surface area contributed by atoms with E-state index < -0.39 is 35.1 Å². The molecule has 0 aliphatic rings. The van der Waals surface area contributed by atoms with E-state index in [0.717, 1.165) is 6.07 Å². The lowest BCUT2D eigenvalue weighted by atomic mass is 10.00. The van der Waals surface area contributed by atoms with Crippen LogP contribution in [0.15, 0.2) is 35.2 Å². The number of aromatic amines is 1. The summed E-state index contributed by atoms with van der Waals surface area (Å²) in [5, 5.41) is 10.4. The minimum Gasteiger partial charge on any atom is -0.418 e. The Morgan fingerprint density at radius 1 is 1.12 bits per heavy atom. The number of anilines is 2. The van der Waals surface area contributed by atoms with Crippen LogP contribution in [0.5, 0.6) is 5.75 Å². The molecule has 0 unspecified atom stereocenters. The van der Waals surface area contributed by atoms with Crippen LogP contribution in [0.25, 0.3) is 33.4 Å². The number of rotatable bonds is 4. The third kappa shape index (κ3) is 3.42. The van der Waals surface area contributed by atoms with Gasteiger partial charge in [0.15, 0.2) is 17.2 Å². The fraction of sp³-hybridized carbons (Fsp3) is 0.0556. The highest BCUT2D eigenvalue weighted by atomic mass is 19.4. The molecule has 3 aromatic heterocycles. The Morgan fingerprint density at radius 3 is 2.50 bits per heavy atom. The molecule has 0 saturated carbocycles.